The molecule has 3 aliphatic heterocycles. The molecule has 2 aromatic carbocycles. The first-order valence-corrected chi connectivity index (χ1v) is 12.2. The molecule has 4 N–H and O–H groups in total. The number of methoxy groups -OCH3 is 1. The summed E-state index contributed by atoms with van der Waals surface area (Å²) >= 11 is 0. The van der Waals surface area contributed by atoms with Crippen molar-refractivity contribution >= 4 is 17.8 Å². The van der Waals surface area contributed by atoms with Crippen molar-refractivity contribution in [3.05, 3.63) is 59.2 Å². The minimum absolute atomic E-state index is 0.0223. The summed E-state index contributed by atoms with van der Waals surface area (Å²) in [7, 11) is 1.53. The van der Waals surface area contributed by atoms with Gasteiger partial charge < -0.3 is 30.0 Å². The summed E-state index contributed by atoms with van der Waals surface area (Å²) in [5, 5.41) is 25.6. The van der Waals surface area contributed by atoms with Gasteiger partial charge in [-0.1, -0.05) is 18.2 Å². The summed E-state index contributed by atoms with van der Waals surface area (Å²) < 4.78 is 17.2. The molecule has 5 rings (SSSR count). The van der Waals surface area contributed by atoms with Gasteiger partial charge in [0.2, 0.25) is 5.91 Å². The molecule has 1 fully saturated rings. The van der Waals surface area contributed by atoms with Gasteiger partial charge in [0.1, 0.15) is 36.4 Å². The van der Waals surface area contributed by atoms with Crippen molar-refractivity contribution in [3.8, 4) is 11.5 Å². The first-order valence-electron chi connectivity index (χ1n) is 12.2. The van der Waals surface area contributed by atoms with Crippen molar-refractivity contribution in [2.45, 2.75) is 56.5 Å². The molecule has 0 aromatic heterocycles. The van der Waals surface area contributed by atoms with Crippen molar-refractivity contribution in [3.63, 3.8) is 0 Å². The smallest absolute Gasteiger partial charge is 0.251 e. The van der Waals surface area contributed by atoms with E-state index >= 15 is 0 Å². The summed E-state index contributed by atoms with van der Waals surface area (Å²) in [5.41, 5.74) is -0.275. The highest BCUT2D eigenvalue weighted by atomic mass is 16.5. The quantitative estimate of drug-likeness (QED) is 0.498. The summed E-state index contributed by atoms with van der Waals surface area (Å²) in [6.45, 7) is 5.59. The van der Waals surface area contributed by atoms with Crippen LogP contribution < -0.4 is 20.1 Å². The zero-order valence-electron chi connectivity index (χ0n) is 21.3. The number of nitrogens with one attached hydrogen (secondary N) is 3. The Hall–Kier alpha value is -3.63. The highest BCUT2D eigenvalue weighted by molar-refractivity contribution is 6.00. The van der Waals surface area contributed by atoms with Crippen LogP contribution in [0.2, 0.25) is 0 Å². The number of para-hydroxylation sites is 1. The molecule has 2 amide bonds. The fourth-order valence-electron chi connectivity index (χ4n) is 5.27. The summed E-state index contributed by atoms with van der Waals surface area (Å²) in [5.74, 6) is 0.494. The molecule has 4 atom stereocenters. The highest BCUT2D eigenvalue weighted by Crippen LogP contribution is 2.41. The average Bonchev–Trinajstić information content (AvgIpc) is 2.84. The van der Waals surface area contributed by atoms with Crippen molar-refractivity contribution in [2.75, 3.05) is 20.3 Å². The maximum absolute atomic E-state index is 13.5. The minimum atomic E-state index is -1.32. The lowest BCUT2D eigenvalue weighted by Crippen LogP contribution is -2.62. The zero-order valence-corrected chi connectivity index (χ0v) is 21.3. The Bertz CT molecular complexity index is 1240. The number of hydrogen-bond acceptors (Lipinski definition) is 7. The molecular formula is C27H32N4O6. The van der Waals surface area contributed by atoms with E-state index in [-0.39, 0.29) is 31.5 Å². The number of fused-ring (bicyclic) bond motifs is 2. The standard InChI is InChI=1S/C27H32N4O6/c1-26(2)12-21(32)31(25(28)30-26)22-17-11-15(9-10-19(17)36-13-20(22)35-4)24(33)29-23-16-7-5-6-8-18(16)37-14-27(23,3)34/h5-11,20,22-23,34H,12-14H2,1-4H3,(H2,28,30)(H,29,33)/t20?,22?,23-,27-/m1/s1. The van der Waals surface area contributed by atoms with Gasteiger partial charge in [-0.15, -0.1) is 0 Å². The van der Waals surface area contributed by atoms with Crippen LogP contribution in [0.15, 0.2) is 42.5 Å². The van der Waals surface area contributed by atoms with Crippen molar-refractivity contribution in [1.82, 2.24) is 15.5 Å². The molecule has 0 saturated carbocycles. The number of ether oxygens (including phenoxy) is 3. The van der Waals surface area contributed by atoms with E-state index < -0.39 is 35.2 Å². The molecule has 2 unspecified atom stereocenters. The highest BCUT2D eigenvalue weighted by Gasteiger charge is 2.45. The summed E-state index contributed by atoms with van der Waals surface area (Å²) in [4.78, 5) is 28.1. The van der Waals surface area contributed by atoms with Crippen LogP contribution in [-0.2, 0) is 9.53 Å². The Morgan fingerprint density at radius 2 is 1.89 bits per heavy atom. The van der Waals surface area contributed by atoms with E-state index in [2.05, 4.69) is 10.6 Å². The second-order valence-electron chi connectivity index (χ2n) is 10.7. The molecule has 10 heteroatoms. The summed E-state index contributed by atoms with van der Waals surface area (Å²) in [6.07, 6.45) is -0.335. The van der Waals surface area contributed by atoms with Gasteiger partial charge in [0.15, 0.2) is 5.96 Å². The first kappa shape index (κ1) is 25.0. The molecule has 3 aliphatic rings. The van der Waals surface area contributed by atoms with E-state index in [1.54, 1.807) is 31.2 Å². The monoisotopic (exact) mass is 508 g/mol. The van der Waals surface area contributed by atoms with Gasteiger partial charge in [-0.3, -0.25) is 19.9 Å². The topological polar surface area (TPSA) is 133 Å². The van der Waals surface area contributed by atoms with Crippen LogP contribution in [0.5, 0.6) is 11.5 Å². The molecule has 0 spiro atoms. The van der Waals surface area contributed by atoms with Crippen LogP contribution in [0, 0.1) is 5.41 Å². The number of rotatable bonds is 4. The average molecular weight is 509 g/mol. The third kappa shape index (κ3) is 4.51. The van der Waals surface area contributed by atoms with Crippen molar-refractivity contribution in [1.29, 1.82) is 5.41 Å². The normalized spacial score (nSPS) is 28.2. The molecule has 0 radical (unpaired) electrons. The predicted molar refractivity (Wildman–Crippen MR) is 135 cm³/mol. The molecule has 0 aliphatic carbocycles. The number of carbonyl (C=O) groups excluding carboxylic acids is 2. The van der Waals surface area contributed by atoms with Crippen LogP contribution >= 0.6 is 0 Å². The van der Waals surface area contributed by atoms with Crippen LogP contribution in [0.4, 0.5) is 0 Å². The molecule has 10 nitrogen and oxygen atoms in total. The van der Waals surface area contributed by atoms with Crippen LogP contribution in [-0.4, -0.2) is 65.3 Å². The number of hydrogen-bond donors (Lipinski definition) is 4. The maximum Gasteiger partial charge on any atom is 0.251 e. The summed E-state index contributed by atoms with van der Waals surface area (Å²) in [6, 6.07) is 10.9. The largest absolute Gasteiger partial charge is 0.490 e. The number of carbonyl (C=O) groups is 2. The molecule has 1 saturated heterocycles. The molecule has 0 bridgehead atoms. The van der Waals surface area contributed by atoms with E-state index in [0.717, 1.165) is 0 Å². The van der Waals surface area contributed by atoms with Gasteiger partial charge in [-0.2, -0.15) is 0 Å². The Balaban J connectivity index is 1.48. The lowest BCUT2D eigenvalue weighted by Gasteiger charge is -2.45. The second-order valence-corrected chi connectivity index (χ2v) is 10.7. The number of amides is 2. The van der Waals surface area contributed by atoms with E-state index in [4.69, 9.17) is 19.6 Å². The number of guanidine groups is 1. The SMILES string of the molecule is COC1COc2ccc(C(=O)N[C@@H]3c4ccccc4OC[C@@]3(C)O)cc2C1N1C(=N)NC(C)(C)CC1=O. The number of aliphatic hydroxyl groups is 1. The fourth-order valence-corrected chi connectivity index (χ4v) is 5.27. The second kappa shape index (κ2) is 9.04. The molecule has 2 aromatic rings. The van der Waals surface area contributed by atoms with Crippen molar-refractivity contribution < 1.29 is 28.9 Å². The van der Waals surface area contributed by atoms with Gasteiger partial charge in [-0.25, -0.2) is 0 Å². The zero-order chi connectivity index (χ0) is 26.5. The Labute approximate surface area is 215 Å². The lowest BCUT2D eigenvalue weighted by molar-refractivity contribution is -0.136. The minimum Gasteiger partial charge on any atom is -0.490 e. The molecule has 3 heterocycles. The molecule has 196 valence electrons. The molecular weight excluding hydrogens is 476 g/mol. The van der Waals surface area contributed by atoms with E-state index in [1.807, 2.05) is 32.0 Å². The van der Waals surface area contributed by atoms with Crippen LogP contribution in [0.3, 0.4) is 0 Å². The fraction of sp³-hybridized carbons (Fsp3) is 0.444. The Kier molecular flexibility index (Phi) is 6.12. The third-order valence-corrected chi connectivity index (χ3v) is 7.13. The number of nitrogens with zero attached hydrogens (tertiary/aromatic N) is 1. The van der Waals surface area contributed by atoms with Crippen LogP contribution in [0.25, 0.3) is 0 Å². The Morgan fingerprint density at radius 3 is 2.62 bits per heavy atom. The lowest BCUT2D eigenvalue weighted by atomic mass is 9.87. The van der Waals surface area contributed by atoms with Gasteiger partial charge in [0.25, 0.3) is 5.91 Å². The van der Waals surface area contributed by atoms with Gasteiger partial charge in [0.05, 0.1) is 12.1 Å². The molecule has 37 heavy (non-hydrogen) atoms. The third-order valence-electron chi connectivity index (χ3n) is 7.13. The van der Waals surface area contributed by atoms with E-state index in [0.29, 0.717) is 28.2 Å². The van der Waals surface area contributed by atoms with E-state index in [1.165, 1.54) is 12.0 Å². The van der Waals surface area contributed by atoms with E-state index in [9.17, 15) is 14.7 Å². The van der Waals surface area contributed by atoms with Gasteiger partial charge >= 0.3 is 0 Å². The van der Waals surface area contributed by atoms with Gasteiger partial charge in [0, 0.05) is 35.8 Å². The maximum atomic E-state index is 13.5. The first-order chi connectivity index (χ1) is 17.5. The van der Waals surface area contributed by atoms with Crippen LogP contribution in [0.1, 0.15) is 60.8 Å². The predicted octanol–water partition coefficient (Wildman–Crippen LogP) is 2.28. The van der Waals surface area contributed by atoms with Gasteiger partial charge in [-0.05, 0) is 45.0 Å². The van der Waals surface area contributed by atoms with Crippen molar-refractivity contribution in [2.24, 2.45) is 0 Å². The number of benzene rings is 2. The Morgan fingerprint density at radius 1 is 1.16 bits per heavy atom.